The molecule has 18 heteroatoms. The van der Waals surface area contributed by atoms with Crippen LogP contribution in [0.2, 0.25) is 0 Å². The molecule has 0 saturated carbocycles. The van der Waals surface area contributed by atoms with Gasteiger partial charge in [-0.1, -0.05) is 0 Å². The highest BCUT2D eigenvalue weighted by Crippen LogP contribution is 2.56. The van der Waals surface area contributed by atoms with Gasteiger partial charge in [-0.25, -0.2) is 18.0 Å². The van der Waals surface area contributed by atoms with Crippen LogP contribution in [0.4, 0.5) is 27.8 Å². The van der Waals surface area contributed by atoms with Gasteiger partial charge in [-0.3, -0.25) is 9.09 Å². The summed E-state index contributed by atoms with van der Waals surface area (Å²) in [5, 5.41) is 10.3. The van der Waals surface area contributed by atoms with Gasteiger partial charge in [0.2, 0.25) is 5.60 Å². The molecule has 3 N–H and O–H groups in total. The van der Waals surface area contributed by atoms with Crippen molar-refractivity contribution in [2.45, 2.75) is 30.3 Å². The molecule has 1 aliphatic heterocycles. The van der Waals surface area contributed by atoms with Crippen LogP contribution in [-0.4, -0.2) is 59.5 Å². The number of anilines is 1. The molecule has 0 aliphatic carbocycles. The second-order valence-electron chi connectivity index (χ2n) is 8.68. The van der Waals surface area contributed by atoms with E-state index >= 15 is 8.78 Å². The van der Waals surface area contributed by atoms with Gasteiger partial charge in [0.25, 0.3) is 6.43 Å². The Morgan fingerprint density at radius 2 is 1.52 bits per heavy atom. The Morgan fingerprint density at radius 3 is 1.98 bits per heavy atom. The summed E-state index contributed by atoms with van der Waals surface area (Å²) in [6.45, 7) is -5.97. The second kappa shape index (κ2) is 12.0. The van der Waals surface area contributed by atoms with Crippen molar-refractivity contribution in [1.82, 2.24) is 9.55 Å². The van der Waals surface area contributed by atoms with Crippen LogP contribution in [0.3, 0.4) is 0 Å². The molecule has 2 aromatic carbocycles. The van der Waals surface area contributed by atoms with Gasteiger partial charge in [-0.2, -0.15) is 13.8 Å². The van der Waals surface area contributed by atoms with Gasteiger partial charge < -0.3 is 34.1 Å². The maximum absolute atomic E-state index is 15.4. The lowest BCUT2D eigenvalue weighted by atomic mass is 9.95. The number of nitrogen functional groups attached to an aromatic ring is 1. The standard InChI is InChI=1S/C24H23F5N3O8PS/c1-35-13-3-7-15(8-4-13)39-41(42,40-16-9-5-14(36-2)6-10-16)37-12-23(21(26)27)24(28,29)18(33)20(38-23)32-11-17(25)19(30)31-22(32)34/h3-11,18,20-21,33H,12H2,1-2H3,(H2,30,31,34)/t18-,20+,23-/m0/s1. The molecule has 0 radical (unpaired) electrons. The highest BCUT2D eigenvalue weighted by Gasteiger charge is 2.74. The number of hydrogen-bond acceptors (Lipinski definition) is 11. The summed E-state index contributed by atoms with van der Waals surface area (Å²) >= 11 is 5.38. The van der Waals surface area contributed by atoms with Crippen molar-refractivity contribution in [2.24, 2.45) is 0 Å². The lowest BCUT2D eigenvalue weighted by molar-refractivity contribution is -0.242. The number of alkyl halides is 4. The van der Waals surface area contributed by atoms with Crippen LogP contribution in [0.5, 0.6) is 23.0 Å². The number of aromatic nitrogens is 2. The Kier molecular flexibility index (Phi) is 8.99. The highest BCUT2D eigenvalue weighted by molar-refractivity contribution is 8.07. The molecular weight excluding hydrogens is 616 g/mol. The average Bonchev–Trinajstić information content (AvgIpc) is 3.16. The van der Waals surface area contributed by atoms with Crippen molar-refractivity contribution < 1.29 is 54.8 Å². The van der Waals surface area contributed by atoms with Gasteiger partial charge in [0.05, 0.1) is 27.0 Å². The fraction of sp³-hybridized carbons (Fsp3) is 0.333. The Morgan fingerprint density at radius 1 is 1.05 bits per heavy atom. The van der Waals surface area contributed by atoms with Crippen molar-refractivity contribution in [2.75, 3.05) is 26.6 Å². The van der Waals surface area contributed by atoms with Crippen molar-refractivity contribution in [3.63, 3.8) is 0 Å². The Balaban J connectivity index is 1.69. The third kappa shape index (κ3) is 6.01. The first kappa shape index (κ1) is 31.4. The number of ether oxygens (including phenoxy) is 3. The second-order valence-corrected chi connectivity index (χ2v) is 11.5. The number of aliphatic hydroxyl groups excluding tert-OH is 1. The first-order valence-electron chi connectivity index (χ1n) is 11.7. The zero-order valence-corrected chi connectivity index (χ0v) is 23.4. The van der Waals surface area contributed by atoms with E-state index in [4.69, 9.17) is 45.3 Å². The van der Waals surface area contributed by atoms with Crippen molar-refractivity contribution in [3.8, 4) is 23.0 Å². The molecule has 11 nitrogen and oxygen atoms in total. The van der Waals surface area contributed by atoms with E-state index in [1.54, 1.807) is 0 Å². The molecule has 2 heterocycles. The van der Waals surface area contributed by atoms with Gasteiger partial charge in [0.15, 0.2) is 24.0 Å². The van der Waals surface area contributed by atoms with Crippen molar-refractivity contribution in [1.29, 1.82) is 0 Å². The number of aliphatic hydroxyl groups is 1. The zero-order chi connectivity index (χ0) is 30.9. The fourth-order valence-corrected chi connectivity index (χ4v) is 5.73. The molecule has 0 unspecified atom stereocenters. The zero-order valence-electron chi connectivity index (χ0n) is 21.7. The minimum atomic E-state index is -4.79. The molecule has 1 saturated heterocycles. The number of halogens is 5. The van der Waals surface area contributed by atoms with Crippen molar-refractivity contribution >= 4 is 24.3 Å². The normalized spacial score (nSPS) is 21.7. The van der Waals surface area contributed by atoms with Crippen LogP contribution < -0.4 is 29.9 Å². The van der Waals surface area contributed by atoms with Gasteiger partial charge >= 0.3 is 18.3 Å². The van der Waals surface area contributed by atoms with Crippen LogP contribution in [-0.2, 0) is 21.1 Å². The average molecular weight is 639 g/mol. The summed E-state index contributed by atoms with van der Waals surface area (Å²) in [7, 11) is 2.82. The van der Waals surface area contributed by atoms with E-state index < -0.39 is 60.9 Å². The number of nitrogens with zero attached hydrogens (tertiary/aromatic N) is 2. The van der Waals surface area contributed by atoms with E-state index in [0.717, 1.165) is 0 Å². The lowest BCUT2D eigenvalue weighted by Gasteiger charge is -2.34. The minimum absolute atomic E-state index is 0.00531. The van der Waals surface area contributed by atoms with E-state index in [1.807, 2.05) is 0 Å². The smallest absolute Gasteiger partial charge is 0.435 e. The summed E-state index contributed by atoms with van der Waals surface area (Å²) in [5.41, 5.74) is -0.169. The quantitative estimate of drug-likeness (QED) is 0.234. The van der Waals surface area contributed by atoms with E-state index in [-0.39, 0.29) is 16.1 Å². The third-order valence-corrected chi connectivity index (χ3v) is 8.17. The molecule has 1 fully saturated rings. The van der Waals surface area contributed by atoms with E-state index in [2.05, 4.69) is 4.98 Å². The molecule has 3 aromatic rings. The van der Waals surface area contributed by atoms with Crippen LogP contribution >= 0.6 is 6.72 Å². The summed E-state index contributed by atoms with van der Waals surface area (Å²) in [4.78, 5) is 15.3. The van der Waals surface area contributed by atoms with Gasteiger partial charge in [0, 0.05) is 11.8 Å². The predicted octanol–water partition coefficient (Wildman–Crippen LogP) is 3.91. The van der Waals surface area contributed by atoms with Crippen LogP contribution in [0.1, 0.15) is 6.23 Å². The van der Waals surface area contributed by atoms with Crippen LogP contribution in [0, 0.1) is 5.82 Å². The van der Waals surface area contributed by atoms with Gasteiger partial charge in [0.1, 0.15) is 23.0 Å². The maximum atomic E-state index is 15.4. The number of methoxy groups -OCH3 is 2. The molecule has 0 spiro atoms. The van der Waals surface area contributed by atoms with E-state index in [9.17, 15) is 23.1 Å². The van der Waals surface area contributed by atoms with Crippen LogP contribution in [0.15, 0.2) is 59.5 Å². The molecule has 4 rings (SSSR count). The summed E-state index contributed by atoms with van der Waals surface area (Å²) in [6, 6.07) is 11.4. The topological polar surface area (TPSA) is 137 Å². The van der Waals surface area contributed by atoms with E-state index in [0.29, 0.717) is 17.7 Å². The monoisotopic (exact) mass is 639 g/mol. The summed E-state index contributed by atoms with van der Waals surface area (Å²) in [6.07, 6.45) is -9.35. The molecule has 42 heavy (non-hydrogen) atoms. The first-order chi connectivity index (χ1) is 19.7. The van der Waals surface area contributed by atoms with Crippen LogP contribution in [0.25, 0.3) is 0 Å². The van der Waals surface area contributed by atoms with Gasteiger partial charge in [-0.15, -0.1) is 0 Å². The molecule has 228 valence electrons. The number of hydrogen-bond donors (Lipinski definition) is 2. The molecular formula is C24H23F5N3O8PS. The minimum Gasteiger partial charge on any atom is -0.497 e. The fourth-order valence-electron chi connectivity index (χ4n) is 3.80. The number of rotatable bonds is 11. The first-order valence-corrected chi connectivity index (χ1v) is 14.3. The van der Waals surface area contributed by atoms with Gasteiger partial charge in [-0.05, 0) is 48.5 Å². The molecule has 1 aromatic heterocycles. The lowest BCUT2D eigenvalue weighted by Crippen LogP contribution is -2.57. The SMILES string of the molecule is COc1ccc(OP(=S)(OC[C@@]2(C(F)F)O[C@@H](n3cc(F)c(N)nc3=O)[C@H](O)C2(F)F)Oc2ccc(OC)cc2)cc1. The Hall–Kier alpha value is -3.50. The predicted molar refractivity (Wildman–Crippen MR) is 140 cm³/mol. The Bertz CT molecular complexity index is 1460. The van der Waals surface area contributed by atoms with E-state index in [1.165, 1.54) is 62.8 Å². The largest absolute Gasteiger partial charge is 0.497 e. The molecule has 0 amide bonds. The molecule has 0 bridgehead atoms. The van der Waals surface area contributed by atoms with Crippen molar-refractivity contribution in [3.05, 3.63) is 71.0 Å². The summed E-state index contributed by atoms with van der Waals surface area (Å²) < 4.78 is 106. The Labute approximate surface area is 239 Å². The third-order valence-electron chi connectivity index (χ3n) is 6.09. The molecule has 1 aliphatic rings. The highest BCUT2D eigenvalue weighted by atomic mass is 32.5. The number of benzene rings is 2. The summed E-state index contributed by atoms with van der Waals surface area (Å²) in [5.74, 6) is -6.17. The molecule has 3 atom stereocenters. The maximum Gasteiger partial charge on any atom is 0.435 e. The number of nitrogens with two attached hydrogens (primary N) is 1.